The Morgan fingerprint density at radius 1 is 1.21 bits per heavy atom. The van der Waals surface area contributed by atoms with Crippen LogP contribution in [0.25, 0.3) is 10.1 Å². The molecule has 0 saturated heterocycles. The lowest BCUT2D eigenvalue weighted by atomic mass is 10.2. The van der Waals surface area contributed by atoms with Crippen molar-refractivity contribution < 1.29 is 0 Å². The van der Waals surface area contributed by atoms with Gasteiger partial charge in [0.05, 0.1) is 5.69 Å². The standard InChI is InChI=1S/C11H12N2S/c1-2-5-9-8(4-1)11-10(14-9)6-3-7-12-13-11/h1-2,4-5,12-13H,3,6-7H2. The number of hydrogen-bond donors (Lipinski definition) is 2. The van der Waals surface area contributed by atoms with Crippen LogP contribution < -0.4 is 10.9 Å². The Labute approximate surface area is 86.9 Å². The first-order chi connectivity index (χ1) is 6.95. The van der Waals surface area contributed by atoms with Crippen LogP contribution in [0.2, 0.25) is 0 Å². The minimum atomic E-state index is 1.05. The average Bonchev–Trinajstić information content (AvgIpc) is 2.42. The maximum Gasteiger partial charge on any atom is 0.0705 e. The molecule has 0 atom stereocenters. The molecule has 3 rings (SSSR count). The Kier molecular flexibility index (Phi) is 1.92. The Bertz CT molecular complexity index is 461. The molecule has 1 aliphatic rings. The molecule has 3 heteroatoms. The normalized spacial score (nSPS) is 16.0. The molecule has 1 aromatic heterocycles. The van der Waals surface area contributed by atoms with Crippen molar-refractivity contribution in [2.75, 3.05) is 12.0 Å². The van der Waals surface area contributed by atoms with Crippen LogP contribution in [0, 0.1) is 0 Å². The van der Waals surface area contributed by atoms with Gasteiger partial charge in [0, 0.05) is 21.5 Å². The summed E-state index contributed by atoms with van der Waals surface area (Å²) in [5.41, 5.74) is 7.84. The van der Waals surface area contributed by atoms with Crippen LogP contribution in [-0.4, -0.2) is 6.54 Å². The molecule has 0 aliphatic carbocycles. The van der Waals surface area contributed by atoms with E-state index in [9.17, 15) is 0 Å². The third-order valence-corrected chi connectivity index (χ3v) is 3.82. The summed E-state index contributed by atoms with van der Waals surface area (Å²) in [5, 5.41) is 1.35. The molecule has 0 fully saturated rings. The van der Waals surface area contributed by atoms with Crippen molar-refractivity contribution in [2.45, 2.75) is 12.8 Å². The van der Waals surface area contributed by atoms with Gasteiger partial charge in [-0.2, -0.15) is 0 Å². The molecule has 1 aromatic carbocycles. The number of thiophene rings is 1. The maximum absolute atomic E-state index is 3.31. The molecule has 2 N–H and O–H groups in total. The van der Waals surface area contributed by atoms with Gasteiger partial charge in [0.15, 0.2) is 0 Å². The highest BCUT2D eigenvalue weighted by atomic mass is 32.1. The van der Waals surface area contributed by atoms with Gasteiger partial charge in [-0.25, -0.2) is 5.43 Å². The summed E-state index contributed by atoms with van der Waals surface area (Å²) in [7, 11) is 0. The Morgan fingerprint density at radius 2 is 2.14 bits per heavy atom. The molecule has 0 spiro atoms. The molecule has 1 aliphatic heterocycles. The molecule has 0 unspecified atom stereocenters. The molecule has 2 heterocycles. The molecule has 2 aromatic rings. The van der Waals surface area contributed by atoms with Crippen LogP contribution in [0.4, 0.5) is 5.69 Å². The summed E-state index contributed by atoms with van der Waals surface area (Å²) < 4.78 is 1.38. The minimum Gasteiger partial charge on any atom is -0.320 e. The molecule has 72 valence electrons. The topological polar surface area (TPSA) is 24.1 Å². The van der Waals surface area contributed by atoms with Gasteiger partial charge in [0.25, 0.3) is 0 Å². The average molecular weight is 204 g/mol. The first-order valence-electron chi connectivity index (χ1n) is 4.94. The van der Waals surface area contributed by atoms with Crippen molar-refractivity contribution in [1.82, 2.24) is 5.43 Å². The highest BCUT2D eigenvalue weighted by Crippen LogP contribution is 2.36. The number of aryl methyl sites for hydroxylation is 1. The number of hydrogen-bond acceptors (Lipinski definition) is 3. The second-order valence-electron chi connectivity index (χ2n) is 3.55. The molecular formula is C11H12N2S. The van der Waals surface area contributed by atoms with Crippen LogP contribution in [0.3, 0.4) is 0 Å². The van der Waals surface area contributed by atoms with Gasteiger partial charge in [-0.3, -0.25) is 0 Å². The lowest BCUT2D eigenvalue weighted by molar-refractivity contribution is 0.744. The fraction of sp³-hybridized carbons (Fsp3) is 0.273. The molecule has 2 nitrogen and oxygen atoms in total. The predicted molar refractivity (Wildman–Crippen MR) is 61.8 cm³/mol. The Hall–Kier alpha value is -1.06. The molecule has 0 bridgehead atoms. The second kappa shape index (κ2) is 3.26. The van der Waals surface area contributed by atoms with Gasteiger partial charge < -0.3 is 5.43 Å². The lowest BCUT2D eigenvalue weighted by Crippen LogP contribution is -2.20. The number of hydrazine groups is 1. The van der Waals surface area contributed by atoms with Crippen LogP contribution in [0.1, 0.15) is 11.3 Å². The summed E-state index contributed by atoms with van der Waals surface area (Å²) in [6, 6.07) is 8.58. The van der Waals surface area contributed by atoms with E-state index in [0.717, 1.165) is 6.54 Å². The van der Waals surface area contributed by atoms with Gasteiger partial charge in [0.1, 0.15) is 0 Å². The molecular weight excluding hydrogens is 192 g/mol. The van der Waals surface area contributed by atoms with Gasteiger partial charge in [-0.15, -0.1) is 11.3 Å². The minimum absolute atomic E-state index is 1.05. The van der Waals surface area contributed by atoms with Gasteiger partial charge in [-0.05, 0) is 18.9 Å². The van der Waals surface area contributed by atoms with Gasteiger partial charge in [-0.1, -0.05) is 18.2 Å². The fourth-order valence-corrected chi connectivity index (χ4v) is 3.10. The lowest BCUT2D eigenvalue weighted by Gasteiger charge is -2.03. The summed E-state index contributed by atoms with van der Waals surface area (Å²) in [5.74, 6) is 0. The number of benzene rings is 1. The van der Waals surface area contributed by atoms with Crippen molar-refractivity contribution in [3.05, 3.63) is 29.1 Å². The van der Waals surface area contributed by atoms with E-state index in [2.05, 4.69) is 35.1 Å². The van der Waals surface area contributed by atoms with Crippen molar-refractivity contribution in [3.63, 3.8) is 0 Å². The van der Waals surface area contributed by atoms with Crippen LogP contribution in [-0.2, 0) is 6.42 Å². The van der Waals surface area contributed by atoms with E-state index in [1.54, 1.807) is 0 Å². The predicted octanol–water partition coefficient (Wildman–Crippen LogP) is 2.76. The van der Waals surface area contributed by atoms with Crippen LogP contribution in [0.15, 0.2) is 24.3 Å². The second-order valence-corrected chi connectivity index (χ2v) is 4.69. The Balaban J connectivity index is 2.24. The van der Waals surface area contributed by atoms with Crippen LogP contribution in [0.5, 0.6) is 0 Å². The third kappa shape index (κ3) is 1.21. The van der Waals surface area contributed by atoms with Crippen molar-refractivity contribution >= 4 is 27.1 Å². The number of rotatable bonds is 0. The zero-order chi connectivity index (χ0) is 9.38. The van der Waals surface area contributed by atoms with Crippen molar-refractivity contribution in [3.8, 4) is 0 Å². The number of anilines is 1. The summed E-state index contributed by atoms with van der Waals surface area (Å²) in [4.78, 5) is 1.48. The summed E-state index contributed by atoms with van der Waals surface area (Å²) in [6.45, 7) is 1.05. The molecule has 14 heavy (non-hydrogen) atoms. The molecule has 0 saturated carbocycles. The van der Waals surface area contributed by atoms with E-state index in [1.807, 2.05) is 11.3 Å². The summed E-state index contributed by atoms with van der Waals surface area (Å²) >= 11 is 1.91. The maximum atomic E-state index is 3.31. The van der Waals surface area contributed by atoms with E-state index >= 15 is 0 Å². The van der Waals surface area contributed by atoms with Crippen molar-refractivity contribution in [2.24, 2.45) is 0 Å². The van der Waals surface area contributed by atoms with E-state index in [0.29, 0.717) is 0 Å². The highest BCUT2D eigenvalue weighted by Gasteiger charge is 2.13. The van der Waals surface area contributed by atoms with E-state index in [-0.39, 0.29) is 0 Å². The van der Waals surface area contributed by atoms with E-state index in [1.165, 1.54) is 33.5 Å². The van der Waals surface area contributed by atoms with Crippen molar-refractivity contribution in [1.29, 1.82) is 0 Å². The third-order valence-electron chi connectivity index (χ3n) is 2.59. The van der Waals surface area contributed by atoms with E-state index < -0.39 is 0 Å². The SMILES string of the molecule is c1ccc2c3c(sc2c1)CCCNN3. The van der Waals surface area contributed by atoms with Gasteiger partial charge in [0.2, 0.25) is 0 Å². The van der Waals surface area contributed by atoms with Crippen LogP contribution >= 0.6 is 11.3 Å². The first-order valence-corrected chi connectivity index (χ1v) is 5.76. The summed E-state index contributed by atoms with van der Waals surface area (Å²) in [6.07, 6.45) is 2.40. The smallest absolute Gasteiger partial charge is 0.0705 e. The largest absolute Gasteiger partial charge is 0.320 e. The number of fused-ring (bicyclic) bond motifs is 3. The Morgan fingerprint density at radius 3 is 3.14 bits per heavy atom. The molecule has 0 radical (unpaired) electrons. The monoisotopic (exact) mass is 204 g/mol. The fourth-order valence-electron chi connectivity index (χ4n) is 1.90. The quantitative estimate of drug-likeness (QED) is 0.689. The number of nitrogens with one attached hydrogen (secondary N) is 2. The first kappa shape index (κ1) is 8.26. The molecule has 0 amide bonds. The zero-order valence-electron chi connectivity index (χ0n) is 7.84. The highest BCUT2D eigenvalue weighted by molar-refractivity contribution is 7.19. The zero-order valence-corrected chi connectivity index (χ0v) is 8.66. The van der Waals surface area contributed by atoms with Gasteiger partial charge >= 0.3 is 0 Å². The van der Waals surface area contributed by atoms with E-state index in [4.69, 9.17) is 0 Å².